The van der Waals surface area contributed by atoms with Crippen molar-refractivity contribution in [1.29, 1.82) is 0 Å². The summed E-state index contributed by atoms with van der Waals surface area (Å²) in [6.45, 7) is 9.53. The number of carbonyl (C=O) groups is 2. The number of hydrogen-bond donors (Lipinski definition) is 1. The summed E-state index contributed by atoms with van der Waals surface area (Å²) in [5.74, 6) is -1.99. The number of carboxylic acids is 1. The Bertz CT molecular complexity index is 1880. The van der Waals surface area contributed by atoms with Crippen LogP contribution in [0.2, 0.25) is 0 Å². The standard InChI is InChI=1S/C44H59N3O5/c1-5-8-10-12-14-16-19-33-21-24-38(43(49)50)41(37(33)20-17-15-13-11-9-6-2)44(51)52-47-40(48)26-23-32(7-3)42(47)34-22-25-39-35(29-34)30-36(45(39)4)31-46-27-18-28-46/h21-26,29-30H,5-20,27-28,31H2,1-4H3,(H,49,50). The van der Waals surface area contributed by atoms with Gasteiger partial charge in [-0.3, -0.25) is 9.69 Å². The van der Waals surface area contributed by atoms with Crippen LogP contribution in [0, 0.1) is 0 Å². The zero-order valence-corrected chi connectivity index (χ0v) is 32.0. The average Bonchev–Trinajstić information content (AvgIpc) is 3.43. The van der Waals surface area contributed by atoms with Crippen molar-refractivity contribution in [3.63, 3.8) is 0 Å². The van der Waals surface area contributed by atoms with Crippen molar-refractivity contribution in [3.8, 4) is 11.3 Å². The van der Waals surface area contributed by atoms with Crippen molar-refractivity contribution >= 4 is 22.8 Å². The van der Waals surface area contributed by atoms with Crippen molar-refractivity contribution in [2.75, 3.05) is 13.1 Å². The van der Waals surface area contributed by atoms with Gasteiger partial charge in [-0.1, -0.05) is 103 Å². The van der Waals surface area contributed by atoms with Gasteiger partial charge in [0.15, 0.2) is 0 Å². The van der Waals surface area contributed by atoms with Crippen molar-refractivity contribution in [3.05, 3.63) is 92.4 Å². The Balaban J connectivity index is 1.51. The second-order valence-corrected chi connectivity index (χ2v) is 14.6. The number of carbonyl (C=O) groups excluding carboxylic acids is 1. The molecule has 1 aliphatic rings. The summed E-state index contributed by atoms with van der Waals surface area (Å²) < 4.78 is 3.31. The Morgan fingerprint density at radius 1 is 0.769 bits per heavy atom. The van der Waals surface area contributed by atoms with E-state index in [1.807, 2.05) is 19.1 Å². The van der Waals surface area contributed by atoms with Gasteiger partial charge in [0, 0.05) is 41.8 Å². The van der Waals surface area contributed by atoms with Gasteiger partial charge in [-0.15, -0.1) is 4.73 Å². The van der Waals surface area contributed by atoms with E-state index in [1.165, 1.54) is 56.7 Å². The number of nitrogens with zero attached hydrogens (tertiary/aromatic N) is 3. The fourth-order valence-corrected chi connectivity index (χ4v) is 7.64. The third-order valence-electron chi connectivity index (χ3n) is 10.9. The van der Waals surface area contributed by atoms with Crippen LogP contribution in [-0.2, 0) is 32.9 Å². The number of hydrogen-bond acceptors (Lipinski definition) is 5. The summed E-state index contributed by atoms with van der Waals surface area (Å²) in [7, 11) is 2.08. The molecule has 2 aromatic heterocycles. The quantitative estimate of drug-likeness (QED) is 0.0867. The predicted octanol–water partition coefficient (Wildman–Crippen LogP) is 9.55. The minimum absolute atomic E-state index is 0.0680. The van der Waals surface area contributed by atoms with Crippen molar-refractivity contribution < 1.29 is 19.5 Å². The van der Waals surface area contributed by atoms with Crippen LogP contribution in [-0.4, -0.2) is 44.3 Å². The van der Waals surface area contributed by atoms with Crippen molar-refractivity contribution in [2.45, 2.75) is 130 Å². The molecule has 0 bridgehead atoms. The molecule has 1 fully saturated rings. The van der Waals surface area contributed by atoms with Crippen LogP contribution in [0.3, 0.4) is 0 Å². The molecule has 8 nitrogen and oxygen atoms in total. The van der Waals surface area contributed by atoms with Crippen LogP contribution < -0.4 is 10.4 Å². The number of aromatic nitrogens is 2. The highest BCUT2D eigenvalue weighted by atomic mass is 16.7. The fraction of sp³-hybridized carbons (Fsp3) is 0.523. The van der Waals surface area contributed by atoms with Gasteiger partial charge < -0.3 is 14.5 Å². The molecule has 0 radical (unpaired) electrons. The summed E-state index contributed by atoms with van der Waals surface area (Å²) in [6.07, 6.45) is 16.5. The van der Waals surface area contributed by atoms with Crippen LogP contribution >= 0.6 is 0 Å². The Labute approximate surface area is 309 Å². The zero-order valence-electron chi connectivity index (χ0n) is 32.0. The van der Waals surface area contributed by atoms with Crippen molar-refractivity contribution in [1.82, 2.24) is 14.2 Å². The molecule has 0 unspecified atom stereocenters. The second-order valence-electron chi connectivity index (χ2n) is 14.6. The topological polar surface area (TPSA) is 93.8 Å². The predicted molar refractivity (Wildman–Crippen MR) is 210 cm³/mol. The Morgan fingerprint density at radius 2 is 1.42 bits per heavy atom. The highest BCUT2D eigenvalue weighted by Gasteiger charge is 2.27. The summed E-state index contributed by atoms with van der Waals surface area (Å²) in [6, 6.07) is 14.9. The first-order valence-corrected chi connectivity index (χ1v) is 19.9. The molecule has 0 amide bonds. The highest BCUT2D eigenvalue weighted by molar-refractivity contribution is 6.04. The number of pyridine rings is 1. The first-order valence-electron chi connectivity index (χ1n) is 19.9. The van der Waals surface area contributed by atoms with Gasteiger partial charge in [0.1, 0.15) is 0 Å². The molecule has 1 N–H and O–H groups in total. The van der Waals surface area contributed by atoms with E-state index in [4.69, 9.17) is 4.84 Å². The molecule has 0 aliphatic carbocycles. The van der Waals surface area contributed by atoms with E-state index in [-0.39, 0.29) is 11.1 Å². The lowest BCUT2D eigenvalue weighted by Gasteiger charge is -2.30. The molecule has 52 heavy (non-hydrogen) atoms. The number of rotatable bonds is 21. The first kappa shape index (κ1) is 39.0. The molecule has 1 saturated heterocycles. The van der Waals surface area contributed by atoms with Crippen LogP contribution in [0.5, 0.6) is 0 Å². The summed E-state index contributed by atoms with van der Waals surface area (Å²) in [5.41, 5.74) is 5.68. The van der Waals surface area contributed by atoms with Gasteiger partial charge in [0.05, 0.1) is 16.8 Å². The van der Waals surface area contributed by atoms with Crippen molar-refractivity contribution in [2.24, 2.45) is 7.05 Å². The smallest absolute Gasteiger partial charge is 0.364 e. The lowest BCUT2D eigenvalue weighted by Crippen LogP contribution is -2.36. The minimum atomic E-state index is -1.18. The molecule has 5 rings (SSSR count). The maximum Gasteiger partial charge on any atom is 0.364 e. The summed E-state index contributed by atoms with van der Waals surface area (Å²) in [5, 5.41) is 11.4. The Hall–Kier alpha value is -4.17. The van der Waals surface area contributed by atoms with E-state index in [0.717, 1.165) is 102 Å². The number of aryl methyl sites for hydroxylation is 3. The van der Waals surface area contributed by atoms with Crippen LogP contribution in [0.1, 0.15) is 147 Å². The van der Waals surface area contributed by atoms with Gasteiger partial charge in [-0.2, -0.15) is 0 Å². The van der Waals surface area contributed by atoms with Crippen LogP contribution in [0.15, 0.2) is 53.3 Å². The third kappa shape index (κ3) is 9.43. The zero-order chi connectivity index (χ0) is 37.0. The number of fused-ring (bicyclic) bond motifs is 1. The van der Waals surface area contributed by atoms with Gasteiger partial charge >= 0.3 is 11.9 Å². The fourth-order valence-electron chi connectivity index (χ4n) is 7.64. The van der Waals surface area contributed by atoms with E-state index in [0.29, 0.717) is 18.5 Å². The molecule has 0 spiro atoms. The normalized spacial score (nSPS) is 13.1. The van der Waals surface area contributed by atoms with Gasteiger partial charge in [0.25, 0.3) is 5.56 Å². The maximum atomic E-state index is 14.4. The molecule has 8 heteroatoms. The van der Waals surface area contributed by atoms with Gasteiger partial charge in [0.2, 0.25) is 0 Å². The lowest BCUT2D eigenvalue weighted by molar-refractivity contribution is 0.0440. The molecular formula is C44H59N3O5. The largest absolute Gasteiger partial charge is 0.478 e. The average molecular weight is 710 g/mol. The monoisotopic (exact) mass is 709 g/mol. The Morgan fingerprint density at radius 3 is 2.06 bits per heavy atom. The van der Waals surface area contributed by atoms with E-state index < -0.39 is 17.5 Å². The van der Waals surface area contributed by atoms with E-state index in [2.05, 4.69) is 48.6 Å². The molecule has 4 aromatic rings. The summed E-state index contributed by atoms with van der Waals surface area (Å²) in [4.78, 5) is 49.2. The number of unbranched alkanes of at least 4 members (excludes halogenated alkanes) is 10. The number of likely N-dealkylation sites (tertiary alicyclic amines) is 1. The summed E-state index contributed by atoms with van der Waals surface area (Å²) >= 11 is 0. The van der Waals surface area contributed by atoms with Crippen LogP contribution in [0.4, 0.5) is 0 Å². The van der Waals surface area contributed by atoms with Gasteiger partial charge in [-0.25, -0.2) is 9.59 Å². The molecule has 2 aromatic carbocycles. The van der Waals surface area contributed by atoms with E-state index in [9.17, 15) is 19.5 Å². The Kier molecular flexibility index (Phi) is 14.3. The molecule has 0 atom stereocenters. The number of benzene rings is 2. The van der Waals surface area contributed by atoms with Crippen LogP contribution in [0.25, 0.3) is 22.2 Å². The molecule has 280 valence electrons. The SMILES string of the molecule is CCCCCCCCc1ccc(C(=O)O)c(C(=O)On2c(-c3ccc4c(c3)cc(CN3CCC3)n4C)c(CC)ccc2=O)c1CCCCCCCC. The number of aromatic carboxylic acids is 1. The van der Waals surface area contributed by atoms with Gasteiger partial charge in [-0.05, 0) is 92.6 Å². The third-order valence-corrected chi connectivity index (χ3v) is 10.9. The minimum Gasteiger partial charge on any atom is -0.478 e. The maximum absolute atomic E-state index is 14.4. The molecular weight excluding hydrogens is 651 g/mol. The first-order chi connectivity index (χ1) is 25.3. The highest BCUT2D eigenvalue weighted by Crippen LogP contribution is 2.30. The van der Waals surface area contributed by atoms with E-state index >= 15 is 0 Å². The molecule has 1 aliphatic heterocycles. The molecule has 0 saturated carbocycles. The van der Waals surface area contributed by atoms with E-state index in [1.54, 1.807) is 12.1 Å². The molecule has 3 heterocycles. The number of carboxylic acid groups (broad SMARTS) is 1. The lowest BCUT2D eigenvalue weighted by atomic mass is 9.89. The second kappa shape index (κ2) is 19.1.